The molecule has 0 fully saturated rings. The molecule has 23 heavy (non-hydrogen) atoms. The SMILES string of the molecule is CC(c1cccc(O)c1)N(C)CCC(=O)Nc1cccc(Br)c1. The third-order valence-corrected chi connectivity index (χ3v) is 4.31. The quantitative estimate of drug-likeness (QED) is 0.794. The van der Waals surface area contributed by atoms with Crippen molar-refractivity contribution in [2.45, 2.75) is 19.4 Å². The van der Waals surface area contributed by atoms with Gasteiger partial charge < -0.3 is 10.4 Å². The summed E-state index contributed by atoms with van der Waals surface area (Å²) in [6.45, 7) is 2.69. The monoisotopic (exact) mass is 376 g/mol. The molecule has 2 aromatic carbocycles. The summed E-state index contributed by atoms with van der Waals surface area (Å²) in [4.78, 5) is 14.1. The van der Waals surface area contributed by atoms with E-state index in [0.29, 0.717) is 13.0 Å². The summed E-state index contributed by atoms with van der Waals surface area (Å²) in [6.07, 6.45) is 0.409. The number of carbonyl (C=O) groups excluding carboxylic acids is 1. The van der Waals surface area contributed by atoms with Crippen LogP contribution in [0.15, 0.2) is 53.0 Å². The van der Waals surface area contributed by atoms with Crippen LogP contribution in [-0.4, -0.2) is 29.5 Å². The van der Waals surface area contributed by atoms with Crippen molar-refractivity contribution in [3.8, 4) is 5.75 Å². The van der Waals surface area contributed by atoms with Crippen LogP contribution in [0.5, 0.6) is 5.75 Å². The predicted octanol–water partition coefficient (Wildman–Crippen LogP) is 4.18. The van der Waals surface area contributed by atoms with Crippen LogP contribution in [0.4, 0.5) is 5.69 Å². The highest BCUT2D eigenvalue weighted by Crippen LogP contribution is 2.22. The Morgan fingerprint density at radius 3 is 2.70 bits per heavy atom. The van der Waals surface area contributed by atoms with Crippen LogP contribution in [0.2, 0.25) is 0 Å². The van der Waals surface area contributed by atoms with E-state index in [1.165, 1.54) is 0 Å². The van der Waals surface area contributed by atoms with E-state index in [4.69, 9.17) is 0 Å². The summed E-state index contributed by atoms with van der Waals surface area (Å²) in [5.74, 6) is 0.244. The number of anilines is 1. The third kappa shape index (κ3) is 5.37. The van der Waals surface area contributed by atoms with Gasteiger partial charge in [0.2, 0.25) is 5.91 Å². The molecular formula is C18H21BrN2O2. The minimum Gasteiger partial charge on any atom is -0.508 e. The number of hydrogen-bond donors (Lipinski definition) is 2. The number of amides is 1. The van der Waals surface area contributed by atoms with Crippen LogP contribution in [0.3, 0.4) is 0 Å². The van der Waals surface area contributed by atoms with Gasteiger partial charge in [-0.25, -0.2) is 0 Å². The number of aromatic hydroxyl groups is 1. The molecule has 1 amide bonds. The lowest BCUT2D eigenvalue weighted by molar-refractivity contribution is -0.116. The fraction of sp³-hybridized carbons (Fsp3) is 0.278. The molecule has 0 aliphatic heterocycles. The molecule has 4 nitrogen and oxygen atoms in total. The van der Waals surface area contributed by atoms with Crippen molar-refractivity contribution in [2.75, 3.05) is 18.9 Å². The van der Waals surface area contributed by atoms with E-state index >= 15 is 0 Å². The molecule has 5 heteroatoms. The van der Waals surface area contributed by atoms with Gasteiger partial charge >= 0.3 is 0 Å². The number of phenolic OH excluding ortho intramolecular Hbond substituents is 1. The lowest BCUT2D eigenvalue weighted by atomic mass is 10.1. The van der Waals surface area contributed by atoms with E-state index in [1.54, 1.807) is 12.1 Å². The summed E-state index contributed by atoms with van der Waals surface area (Å²) >= 11 is 3.39. The Balaban J connectivity index is 1.86. The van der Waals surface area contributed by atoms with Crippen molar-refractivity contribution in [3.05, 3.63) is 58.6 Å². The van der Waals surface area contributed by atoms with Gasteiger partial charge in [-0.05, 0) is 49.9 Å². The van der Waals surface area contributed by atoms with E-state index in [0.717, 1.165) is 15.7 Å². The van der Waals surface area contributed by atoms with Crippen LogP contribution >= 0.6 is 15.9 Å². The van der Waals surface area contributed by atoms with E-state index in [-0.39, 0.29) is 17.7 Å². The number of hydrogen-bond acceptors (Lipinski definition) is 3. The number of phenols is 1. The lowest BCUT2D eigenvalue weighted by Crippen LogP contribution is -2.27. The number of nitrogens with one attached hydrogen (secondary N) is 1. The molecule has 2 rings (SSSR count). The predicted molar refractivity (Wildman–Crippen MR) is 96.5 cm³/mol. The molecule has 0 saturated carbocycles. The number of rotatable bonds is 6. The largest absolute Gasteiger partial charge is 0.508 e. The van der Waals surface area contributed by atoms with Crippen molar-refractivity contribution in [1.29, 1.82) is 0 Å². The zero-order valence-corrected chi connectivity index (χ0v) is 14.9. The van der Waals surface area contributed by atoms with Crippen molar-refractivity contribution in [1.82, 2.24) is 4.90 Å². The number of benzene rings is 2. The summed E-state index contributed by atoms with van der Waals surface area (Å²) in [6, 6.07) is 14.9. The van der Waals surface area contributed by atoms with Crippen LogP contribution in [0, 0.1) is 0 Å². The molecule has 2 N–H and O–H groups in total. The topological polar surface area (TPSA) is 52.6 Å². The molecule has 1 atom stereocenters. The maximum Gasteiger partial charge on any atom is 0.225 e. The zero-order chi connectivity index (χ0) is 16.8. The normalized spacial score (nSPS) is 12.2. The summed E-state index contributed by atoms with van der Waals surface area (Å²) in [7, 11) is 1.97. The molecule has 0 aliphatic rings. The van der Waals surface area contributed by atoms with Crippen LogP contribution < -0.4 is 5.32 Å². The van der Waals surface area contributed by atoms with Gasteiger partial charge in [0.1, 0.15) is 5.75 Å². The van der Waals surface area contributed by atoms with E-state index in [2.05, 4.69) is 33.1 Å². The number of carbonyl (C=O) groups is 1. The van der Waals surface area contributed by atoms with Crippen molar-refractivity contribution in [2.24, 2.45) is 0 Å². The van der Waals surface area contributed by atoms with Crippen LogP contribution in [0.1, 0.15) is 24.9 Å². The molecule has 1 unspecified atom stereocenters. The molecule has 2 aromatic rings. The fourth-order valence-corrected chi connectivity index (χ4v) is 2.70. The second-order valence-corrected chi connectivity index (χ2v) is 6.48. The lowest BCUT2D eigenvalue weighted by Gasteiger charge is -2.25. The number of halogens is 1. The van der Waals surface area contributed by atoms with Gasteiger partial charge in [-0.1, -0.05) is 34.1 Å². The van der Waals surface area contributed by atoms with Crippen LogP contribution in [0.25, 0.3) is 0 Å². The highest BCUT2D eigenvalue weighted by atomic mass is 79.9. The first kappa shape index (κ1) is 17.5. The Kier molecular flexibility index (Phi) is 6.19. The molecule has 0 heterocycles. The fourth-order valence-electron chi connectivity index (χ4n) is 2.30. The minimum atomic E-state index is -0.0157. The molecule has 0 spiro atoms. The molecule has 0 aromatic heterocycles. The molecule has 0 bridgehead atoms. The smallest absolute Gasteiger partial charge is 0.225 e. The van der Waals surface area contributed by atoms with Gasteiger partial charge in [-0.2, -0.15) is 0 Å². The van der Waals surface area contributed by atoms with Gasteiger partial charge in [-0.3, -0.25) is 9.69 Å². The van der Waals surface area contributed by atoms with Gasteiger partial charge in [0.15, 0.2) is 0 Å². The van der Waals surface area contributed by atoms with E-state index < -0.39 is 0 Å². The van der Waals surface area contributed by atoms with E-state index in [1.807, 2.05) is 43.4 Å². The van der Waals surface area contributed by atoms with Gasteiger partial charge in [0, 0.05) is 29.2 Å². The van der Waals surface area contributed by atoms with Crippen molar-refractivity contribution in [3.63, 3.8) is 0 Å². The van der Waals surface area contributed by atoms with Crippen LogP contribution in [-0.2, 0) is 4.79 Å². The Labute approximate surface area is 145 Å². The van der Waals surface area contributed by atoms with Crippen molar-refractivity contribution < 1.29 is 9.90 Å². The molecular weight excluding hydrogens is 356 g/mol. The second-order valence-electron chi connectivity index (χ2n) is 5.56. The first-order valence-corrected chi connectivity index (χ1v) is 8.29. The Hall–Kier alpha value is -1.85. The number of nitrogens with zero attached hydrogens (tertiary/aromatic N) is 1. The summed E-state index contributed by atoms with van der Waals surface area (Å²) in [5.41, 5.74) is 1.81. The Bertz CT molecular complexity index is 676. The van der Waals surface area contributed by atoms with E-state index in [9.17, 15) is 9.90 Å². The first-order chi connectivity index (χ1) is 11.0. The molecule has 0 aliphatic carbocycles. The average molecular weight is 377 g/mol. The van der Waals surface area contributed by atoms with Crippen molar-refractivity contribution >= 4 is 27.5 Å². The molecule has 122 valence electrons. The minimum absolute atomic E-state index is 0.0157. The van der Waals surface area contributed by atoms with Gasteiger partial charge in [-0.15, -0.1) is 0 Å². The van der Waals surface area contributed by atoms with Gasteiger partial charge in [0.05, 0.1) is 0 Å². The summed E-state index contributed by atoms with van der Waals surface area (Å²) < 4.78 is 0.935. The Morgan fingerprint density at radius 2 is 2.00 bits per heavy atom. The highest BCUT2D eigenvalue weighted by Gasteiger charge is 2.13. The standard InChI is InChI=1S/C18H21BrN2O2/c1-13(14-5-3-8-17(22)11-14)21(2)10-9-18(23)20-16-7-4-6-15(19)12-16/h3-8,11-13,22H,9-10H2,1-2H3,(H,20,23). The molecule has 0 radical (unpaired) electrons. The van der Waals surface area contributed by atoms with Gasteiger partial charge in [0.25, 0.3) is 0 Å². The third-order valence-electron chi connectivity index (χ3n) is 3.81. The second kappa shape index (κ2) is 8.13. The molecule has 0 saturated heterocycles. The maximum absolute atomic E-state index is 12.0. The maximum atomic E-state index is 12.0. The first-order valence-electron chi connectivity index (χ1n) is 7.50. The zero-order valence-electron chi connectivity index (χ0n) is 13.3. The highest BCUT2D eigenvalue weighted by molar-refractivity contribution is 9.10. The average Bonchev–Trinajstić information content (AvgIpc) is 2.52. The Morgan fingerprint density at radius 1 is 1.26 bits per heavy atom. The summed E-state index contributed by atoms with van der Waals surface area (Å²) in [5, 5.41) is 12.5.